The monoisotopic (exact) mass is 409 g/mol. The van der Waals surface area contributed by atoms with Crippen LogP contribution in [0.1, 0.15) is 4.88 Å². The third kappa shape index (κ3) is 4.58. The van der Waals surface area contributed by atoms with Gasteiger partial charge in [-0.15, -0.1) is 0 Å². The SMILES string of the molecule is O=[N+]([O-])c1cccc(N/N=C\c2sc(N3CCOCC3)nc2-c2ccccc2)c1. The Morgan fingerprint density at radius 1 is 1.17 bits per heavy atom. The smallest absolute Gasteiger partial charge is 0.271 e. The molecule has 0 radical (unpaired) electrons. The van der Waals surface area contributed by atoms with E-state index in [1.807, 2.05) is 30.3 Å². The van der Waals surface area contributed by atoms with Gasteiger partial charge >= 0.3 is 0 Å². The summed E-state index contributed by atoms with van der Waals surface area (Å²) in [5.74, 6) is 0. The van der Waals surface area contributed by atoms with Gasteiger partial charge in [-0.25, -0.2) is 4.98 Å². The molecule has 2 aromatic carbocycles. The zero-order valence-corrected chi connectivity index (χ0v) is 16.3. The fourth-order valence-electron chi connectivity index (χ4n) is 2.95. The number of anilines is 2. The van der Waals surface area contributed by atoms with Crippen LogP contribution in [-0.2, 0) is 4.74 Å². The van der Waals surface area contributed by atoms with E-state index < -0.39 is 4.92 Å². The van der Waals surface area contributed by atoms with Gasteiger partial charge in [0.2, 0.25) is 0 Å². The number of hydrogen-bond acceptors (Lipinski definition) is 8. The van der Waals surface area contributed by atoms with Gasteiger partial charge in [0.15, 0.2) is 5.13 Å². The predicted octanol–water partition coefficient (Wildman–Crippen LogP) is 4.00. The zero-order valence-electron chi connectivity index (χ0n) is 15.5. The van der Waals surface area contributed by atoms with Gasteiger partial charge in [0.1, 0.15) is 0 Å². The highest BCUT2D eigenvalue weighted by Gasteiger charge is 2.18. The lowest BCUT2D eigenvalue weighted by Crippen LogP contribution is -2.36. The molecule has 0 saturated carbocycles. The fourth-order valence-corrected chi connectivity index (χ4v) is 3.97. The number of nitrogens with one attached hydrogen (secondary N) is 1. The van der Waals surface area contributed by atoms with Gasteiger partial charge in [0.05, 0.1) is 40.6 Å². The van der Waals surface area contributed by atoms with Crippen molar-refractivity contribution in [2.75, 3.05) is 36.6 Å². The lowest BCUT2D eigenvalue weighted by molar-refractivity contribution is -0.384. The minimum atomic E-state index is -0.430. The lowest BCUT2D eigenvalue weighted by Gasteiger charge is -2.26. The number of nitro benzene ring substituents is 1. The van der Waals surface area contributed by atoms with E-state index >= 15 is 0 Å². The minimum Gasteiger partial charge on any atom is -0.378 e. The Hall–Kier alpha value is -3.30. The summed E-state index contributed by atoms with van der Waals surface area (Å²) in [6, 6.07) is 16.2. The molecule has 4 rings (SSSR count). The maximum atomic E-state index is 10.9. The number of nitrogens with zero attached hydrogens (tertiary/aromatic N) is 4. The fraction of sp³-hybridized carbons (Fsp3) is 0.200. The first kappa shape index (κ1) is 19.0. The van der Waals surface area contributed by atoms with Crippen LogP contribution in [0.5, 0.6) is 0 Å². The average Bonchev–Trinajstić information content (AvgIpc) is 3.19. The summed E-state index contributed by atoms with van der Waals surface area (Å²) in [5, 5.41) is 16.1. The van der Waals surface area contributed by atoms with E-state index in [1.165, 1.54) is 12.1 Å². The third-order valence-electron chi connectivity index (χ3n) is 4.40. The molecule has 148 valence electrons. The highest BCUT2D eigenvalue weighted by Crippen LogP contribution is 2.32. The number of hydrogen-bond donors (Lipinski definition) is 1. The maximum absolute atomic E-state index is 10.9. The van der Waals surface area contributed by atoms with Crippen molar-refractivity contribution in [3.05, 3.63) is 69.6 Å². The normalized spacial score (nSPS) is 14.3. The number of non-ortho nitro benzene ring substituents is 1. The van der Waals surface area contributed by atoms with Gasteiger partial charge in [-0.1, -0.05) is 47.7 Å². The molecule has 1 fully saturated rings. The van der Waals surface area contributed by atoms with Gasteiger partial charge in [0.25, 0.3) is 5.69 Å². The second-order valence-electron chi connectivity index (χ2n) is 6.35. The van der Waals surface area contributed by atoms with Gasteiger partial charge in [-0.05, 0) is 6.07 Å². The Kier molecular flexibility index (Phi) is 5.78. The van der Waals surface area contributed by atoms with Crippen LogP contribution >= 0.6 is 11.3 Å². The number of morpholine rings is 1. The van der Waals surface area contributed by atoms with Crippen molar-refractivity contribution in [3.63, 3.8) is 0 Å². The minimum absolute atomic E-state index is 0.0163. The first-order valence-corrected chi connectivity index (χ1v) is 9.95. The van der Waals surface area contributed by atoms with Crippen LogP contribution in [0.25, 0.3) is 11.3 Å². The Morgan fingerprint density at radius 3 is 2.72 bits per heavy atom. The van der Waals surface area contributed by atoms with E-state index in [2.05, 4.69) is 15.4 Å². The number of aromatic nitrogens is 1. The lowest BCUT2D eigenvalue weighted by atomic mass is 10.1. The van der Waals surface area contributed by atoms with Crippen molar-refractivity contribution < 1.29 is 9.66 Å². The predicted molar refractivity (Wildman–Crippen MR) is 115 cm³/mol. The average molecular weight is 409 g/mol. The molecule has 1 N–H and O–H groups in total. The highest BCUT2D eigenvalue weighted by atomic mass is 32.1. The van der Waals surface area contributed by atoms with Crippen molar-refractivity contribution in [2.45, 2.75) is 0 Å². The number of ether oxygens (including phenoxy) is 1. The molecule has 3 aromatic rings. The molecule has 9 heteroatoms. The number of benzene rings is 2. The van der Waals surface area contributed by atoms with E-state index in [0.29, 0.717) is 18.9 Å². The summed E-state index contributed by atoms with van der Waals surface area (Å²) in [7, 11) is 0. The summed E-state index contributed by atoms with van der Waals surface area (Å²) in [6.45, 7) is 3.00. The summed E-state index contributed by atoms with van der Waals surface area (Å²) in [6.07, 6.45) is 1.71. The van der Waals surface area contributed by atoms with Gasteiger partial charge in [-0.3, -0.25) is 15.5 Å². The molecule has 0 unspecified atom stereocenters. The second kappa shape index (κ2) is 8.80. The van der Waals surface area contributed by atoms with Crippen LogP contribution in [0.3, 0.4) is 0 Å². The van der Waals surface area contributed by atoms with E-state index in [-0.39, 0.29) is 5.69 Å². The topological polar surface area (TPSA) is 92.9 Å². The van der Waals surface area contributed by atoms with Gasteiger partial charge in [-0.2, -0.15) is 5.10 Å². The zero-order chi connectivity index (χ0) is 20.1. The molecule has 1 saturated heterocycles. The van der Waals surface area contributed by atoms with Crippen molar-refractivity contribution in [3.8, 4) is 11.3 Å². The molecule has 8 nitrogen and oxygen atoms in total. The molecule has 1 aliphatic rings. The number of thiazole rings is 1. The molecule has 0 bridgehead atoms. The van der Waals surface area contributed by atoms with Crippen LogP contribution in [0.15, 0.2) is 59.7 Å². The number of hydrazone groups is 1. The molecular weight excluding hydrogens is 390 g/mol. The maximum Gasteiger partial charge on any atom is 0.271 e. The molecule has 0 amide bonds. The van der Waals surface area contributed by atoms with E-state index in [1.54, 1.807) is 29.7 Å². The summed E-state index contributed by atoms with van der Waals surface area (Å²) < 4.78 is 5.43. The van der Waals surface area contributed by atoms with E-state index in [0.717, 1.165) is 34.4 Å². The number of nitro groups is 1. The molecule has 29 heavy (non-hydrogen) atoms. The highest BCUT2D eigenvalue weighted by molar-refractivity contribution is 7.17. The summed E-state index contributed by atoms with van der Waals surface area (Å²) in [5.41, 5.74) is 5.31. The van der Waals surface area contributed by atoms with E-state index in [4.69, 9.17) is 9.72 Å². The van der Waals surface area contributed by atoms with Gasteiger partial charge in [0, 0.05) is 30.8 Å². The molecular formula is C20H19N5O3S. The van der Waals surface area contributed by atoms with Crippen molar-refractivity contribution >= 4 is 34.1 Å². The van der Waals surface area contributed by atoms with Crippen LogP contribution in [0.2, 0.25) is 0 Å². The van der Waals surface area contributed by atoms with Crippen LogP contribution in [-0.4, -0.2) is 42.4 Å². The van der Waals surface area contributed by atoms with Gasteiger partial charge < -0.3 is 9.64 Å². The Morgan fingerprint density at radius 2 is 1.97 bits per heavy atom. The van der Waals surface area contributed by atoms with Crippen molar-refractivity contribution in [1.82, 2.24) is 4.98 Å². The molecule has 1 aromatic heterocycles. The largest absolute Gasteiger partial charge is 0.378 e. The Bertz CT molecular complexity index is 1020. The second-order valence-corrected chi connectivity index (χ2v) is 7.36. The van der Waals surface area contributed by atoms with Crippen molar-refractivity contribution in [1.29, 1.82) is 0 Å². The third-order valence-corrected chi connectivity index (χ3v) is 5.45. The Labute approximate surface area is 171 Å². The van der Waals surface area contributed by atoms with Crippen molar-refractivity contribution in [2.24, 2.45) is 5.10 Å². The number of rotatable bonds is 6. The molecule has 1 aliphatic heterocycles. The molecule has 0 spiro atoms. The summed E-state index contributed by atoms with van der Waals surface area (Å²) >= 11 is 1.57. The van der Waals surface area contributed by atoms with E-state index in [9.17, 15) is 10.1 Å². The molecule has 2 heterocycles. The first-order chi connectivity index (χ1) is 14.2. The standard InChI is InChI=1S/C20H19N5O3S/c26-25(27)17-8-4-7-16(13-17)23-21-14-18-19(15-5-2-1-3-6-15)22-20(29-18)24-9-11-28-12-10-24/h1-8,13-14,23H,9-12H2/b21-14-. The summed E-state index contributed by atoms with van der Waals surface area (Å²) in [4.78, 5) is 18.5. The Balaban J connectivity index is 1.59. The molecule has 0 aliphatic carbocycles. The molecule has 0 atom stereocenters. The first-order valence-electron chi connectivity index (χ1n) is 9.13. The van der Waals surface area contributed by atoms with Crippen LogP contribution < -0.4 is 10.3 Å². The van der Waals surface area contributed by atoms with Crippen LogP contribution in [0.4, 0.5) is 16.5 Å². The quantitative estimate of drug-likeness (QED) is 0.376. The van der Waals surface area contributed by atoms with Crippen LogP contribution in [0, 0.1) is 10.1 Å².